The molecule has 1 aliphatic rings. The Labute approximate surface area is 254 Å². The molecule has 1 aliphatic carbocycles. The summed E-state index contributed by atoms with van der Waals surface area (Å²) in [7, 11) is 1.85. The predicted octanol–water partition coefficient (Wildman–Crippen LogP) is 4.84. The second kappa shape index (κ2) is 11.0. The van der Waals surface area contributed by atoms with Crippen molar-refractivity contribution in [2.75, 3.05) is 0 Å². The van der Waals surface area contributed by atoms with Crippen LogP contribution in [0.15, 0.2) is 78.1 Å². The molecule has 4 aromatic heterocycles. The SMILES string of the molecule is Cc1nn2cccnc2c1C(=O)N[C@@H](C)c1c2c3c(ccc(C#Cc4cnn(C)c4)c3c(=O)n1-c1ccccc1)CCCC2. The van der Waals surface area contributed by atoms with Crippen molar-refractivity contribution in [3.8, 4) is 17.5 Å². The first-order chi connectivity index (χ1) is 21.4. The lowest BCUT2D eigenvalue weighted by Gasteiger charge is -2.25. The highest BCUT2D eigenvalue weighted by Gasteiger charge is 2.28. The second-order valence-corrected chi connectivity index (χ2v) is 11.3. The third kappa shape index (κ3) is 4.65. The van der Waals surface area contributed by atoms with Gasteiger partial charge in [0.1, 0.15) is 5.56 Å². The Balaban J connectivity index is 1.45. The van der Waals surface area contributed by atoms with Crippen LogP contribution in [0.25, 0.3) is 22.1 Å². The zero-order valence-corrected chi connectivity index (χ0v) is 24.8. The van der Waals surface area contributed by atoms with Crippen molar-refractivity contribution < 1.29 is 4.79 Å². The number of carbonyl (C=O) groups excluding carboxylic acids is 1. The number of nitrogens with one attached hydrogen (secondary N) is 1. The number of aromatic nitrogens is 6. The molecule has 218 valence electrons. The molecular weight excluding hydrogens is 550 g/mol. The summed E-state index contributed by atoms with van der Waals surface area (Å²) in [5.74, 6) is 6.19. The molecule has 0 saturated carbocycles. The van der Waals surface area contributed by atoms with Crippen LogP contribution in [0, 0.1) is 18.8 Å². The standard InChI is InChI=1S/C35H31N7O2/c1-22-29(33-36-18-9-19-41(33)39-22)34(43)38-23(2)32-28-13-8-7-10-25-16-17-26(15-14-24-20-37-40(3)21-24)31(30(25)28)35(44)42(32)27-11-5-4-6-12-27/h4-6,9,11-12,16-21,23H,7-8,10,13H2,1-3H3,(H,38,43)/t23-/m0/s1. The smallest absolute Gasteiger partial charge is 0.264 e. The number of fused-ring (bicyclic) bond motifs is 1. The van der Waals surface area contributed by atoms with Crippen molar-refractivity contribution in [3.05, 3.63) is 123 Å². The van der Waals surface area contributed by atoms with Crippen molar-refractivity contribution in [1.82, 2.24) is 34.3 Å². The van der Waals surface area contributed by atoms with Crippen molar-refractivity contribution in [3.63, 3.8) is 0 Å². The molecule has 0 bridgehead atoms. The number of rotatable bonds is 4. The maximum Gasteiger partial charge on any atom is 0.264 e. The molecule has 1 atom stereocenters. The van der Waals surface area contributed by atoms with Crippen LogP contribution in [0.5, 0.6) is 0 Å². The van der Waals surface area contributed by atoms with E-state index in [-0.39, 0.29) is 11.5 Å². The first-order valence-electron chi connectivity index (χ1n) is 14.8. The molecule has 4 heterocycles. The van der Waals surface area contributed by atoms with Gasteiger partial charge in [0.25, 0.3) is 11.5 Å². The van der Waals surface area contributed by atoms with Gasteiger partial charge in [0, 0.05) is 36.9 Å². The van der Waals surface area contributed by atoms with Crippen LogP contribution in [-0.2, 0) is 19.9 Å². The largest absolute Gasteiger partial charge is 0.344 e. The zero-order chi connectivity index (χ0) is 30.4. The topological polar surface area (TPSA) is 99.1 Å². The maximum atomic E-state index is 14.7. The van der Waals surface area contributed by atoms with Crippen molar-refractivity contribution >= 4 is 22.3 Å². The van der Waals surface area contributed by atoms with Gasteiger partial charge in [-0.25, -0.2) is 9.50 Å². The van der Waals surface area contributed by atoms with Gasteiger partial charge in [-0.2, -0.15) is 10.2 Å². The minimum Gasteiger partial charge on any atom is -0.344 e. The molecule has 44 heavy (non-hydrogen) atoms. The van der Waals surface area contributed by atoms with E-state index >= 15 is 0 Å². The fourth-order valence-corrected chi connectivity index (χ4v) is 6.39. The summed E-state index contributed by atoms with van der Waals surface area (Å²) in [6.45, 7) is 3.75. The van der Waals surface area contributed by atoms with Crippen LogP contribution in [0.4, 0.5) is 0 Å². The minimum atomic E-state index is -0.496. The number of hydrogen-bond acceptors (Lipinski definition) is 5. The Bertz CT molecular complexity index is 2200. The van der Waals surface area contributed by atoms with Gasteiger partial charge in [0.2, 0.25) is 0 Å². The normalized spacial score (nSPS) is 13.3. The minimum absolute atomic E-state index is 0.154. The highest BCUT2D eigenvalue weighted by molar-refractivity contribution is 6.01. The molecule has 9 heteroatoms. The molecule has 7 rings (SSSR count). The predicted molar refractivity (Wildman–Crippen MR) is 169 cm³/mol. The van der Waals surface area contributed by atoms with Crippen LogP contribution in [0.2, 0.25) is 0 Å². The number of benzene rings is 2. The van der Waals surface area contributed by atoms with Gasteiger partial charge in [-0.1, -0.05) is 36.1 Å². The van der Waals surface area contributed by atoms with E-state index in [0.717, 1.165) is 59.1 Å². The number of carbonyl (C=O) groups is 1. The van der Waals surface area contributed by atoms with Crippen LogP contribution in [0.3, 0.4) is 0 Å². The zero-order valence-electron chi connectivity index (χ0n) is 24.8. The van der Waals surface area contributed by atoms with Gasteiger partial charge in [-0.15, -0.1) is 0 Å². The fraction of sp³-hybridized carbons (Fsp3) is 0.229. The second-order valence-electron chi connectivity index (χ2n) is 11.3. The quantitative estimate of drug-likeness (QED) is 0.300. The van der Waals surface area contributed by atoms with E-state index in [2.05, 4.69) is 38.4 Å². The number of pyridine rings is 1. The monoisotopic (exact) mass is 581 g/mol. The van der Waals surface area contributed by atoms with E-state index in [4.69, 9.17) is 0 Å². The first-order valence-corrected chi connectivity index (χ1v) is 14.8. The van der Waals surface area contributed by atoms with Crippen molar-refractivity contribution in [1.29, 1.82) is 0 Å². The van der Waals surface area contributed by atoms with Gasteiger partial charge in [0.15, 0.2) is 5.65 Å². The van der Waals surface area contributed by atoms with E-state index in [0.29, 0.717) is 27.9 Å². The lowest BCUT2D eigenvalue weighted by atomic mass is 9.92. The maximum absolute atomic E-state index is 14.7. The van der Waals surface area contributed by atoms with Gasteiger partial charge < -0.3 is 5.32 Å². The summed E-state index contributed by atoms with van der Waals surface area (Å²) in [5.41, 5.74) is 6.54. The molecule has 0 unspecified atom stereocenters. The van der Waals surface area contributed by atoms with E-state index in [9.17, 15) is 9.59 Å². The summed E-state index contributed by atoms with van der Waals surface area (Å²) >= 11 is 0. The van der Waals surface area contributed by atoms with Gasteiger partial charge in [-0.3, -0.25) is 18.8 Å². The van der Waals surface area contributed by atoms with Crippen LogP contribution in [0.1, 0.15) is 69.8 Å². The molecule has 0 saturated heterocycles. The van der Waals surface area contributed by atoms with Crippen molar-refractivity contribution in [2.45, 2.75) is 45.6 Å². The number of hydrogen-bond donors (Lipinski definition) is 1. The molecule has 9 nitrogen and oxygen atoms in total. The lowest BCUT2D eigenvalue weighted by Crippen LogP contribution is -2.34. The Morgan fingerprint density at radius 1 is 1.02 bits per heavy atom. The van der Waals surface area contributed by atoms with Gasteiger partial charge in [-0.05, 0) is 80.3 Å². The third-order valence-corrected chi connectivity index (χ3v) is 8.30. The molecule has 6 aromatic rings. The van der Waals surface area contributed by atoms with E-state index < -0.39 is 6.04 Å². The molecular formula is C35H31N7O2. The fourth-order valence-electron chi connectivity index (χ4n) is 6.39. The van der Waals surface area contributed by atoms with Crippen LogP contribution >= 0.6 is 0 Å². The molecule has 0 radical (unpaired) electrons. The van der Waals surface area contributed by atoms with Crippen LogP contribution in [-0.4, -0.2) is 34.9 Å². The summed E-state index contributed by atoms with van der Waals surface area (Å²) in [6, 6.07) is 15.0. The first kappa shape index (κ1) is 27.3. The van der Waals surface area contributed by atoms with Crippen molar-refractivity contribution in [2.24, 2.45) is 7.05 Å². The average molecular weight is 582 g/mol. The third-order valence-electron chi connectivity index (χ3n) is 8.30. The number of amides is 1. The number of para-hydroxylation sites is 1. The van der Waals surface area contributed by atoms with E-state index in [1.807, 2.05) is 56.6 Å². The molecule has 0 fully saturated rings. The molecule has 0 aliphatic heterocycles. The molecule has 1 N–H and O–H groups in total. The number of nitrogens with zero attached hydrogens (tertiary/aromatic N) is 6. The molecule has 2 aromatic carbocycles. The highest BCUT2D eigenvalue weighted by Crippen LogP contribution is 2.35. The Morgan fingerprint density at radius 2 is 1.84 bits per heavy atom. The van der Waals surface area contributed by atoms with E-state index in [1.54, 1.807) is 45.3 Å². The average Bonchev–Trinajstić information content (AvgIpc) is 3.52. The van der Waals surface area contributed by atoms with Gasteiger partial charge >= 0.3 is 0 Å². The molecule has 1 amide bonds. The summed E-state index contributed by atoms with van der Waals surface area (Å²) in [4.78, 5) is 33.0. The van der Waals surface area contributed by atoms with Gasteiger partial charge in [0.05, 0.1) is 34.6 Å². The Kier molecular flexibility index (Phi) is 6.82. The lowest BCUT2D eigenvalue weighted by molar-refractivity contribution is 0.0939. The molecule has 0 spiro atoms. The summed E-state index contributed by atoms with van der Waals surface area (Å²) < 4.78 is 5.09. The summed E-state index contributed by atoms with van der Waals surface area (Å²) in [5, 5.41) is 13.5. The van der Waals surface area contributed by atoms with Crippen LogP contribution < -0.4 is 10.9 Å². The van der Waals surface area contributed by atoms with E-state index in [1.165, 1.54) is 0 Å². The summed E-state index contributed by atoms with van der Waals surface area (Å²) in [6.07, 6.45) is 10.6. The highest BCUT2D eigenvalue weighted by atomic mass is 16.2. The Hall–Kier alpha value is -5.49. The number of aryl methyl sites for hydroxylation is 4. The Morgan fingerprint density at radius 3 is 2.64 bits per heavy atom.